The van der Waals surface area contributed by atoms with Gasteiger partial charge >= 0.3 is 12.2 Å². The van der Waals surface area contributed by atoms with Gasteiger partial charge in [0.2, 0.25) is 11.7 Å². The van der Waals surface area contributed by atoms with Gasteiger partial charge in [-0.3, -0.25) is 15.0 Å². The molecule has 0 unspecified atom stereocenters. The number of halogens is 3. The number of anilines is 3. The third kappa shape index (κ3) is 6.01. The summed E-state index contributed by atoms with van der Waals surface area (Å²) >= 11 is 0. The minimum Gasteiger partial charge on any atom is -0.474 e. The molecule has 216 valence electrons. The van der Waals surface area contributed by atoms with Gasteiger partial charge < -0.3 is 24.4 Å². The lowest BCUT2D eigenvalue weighted by atomic mass is 10.0. The molecular formula is C24H29F3N8O5. The fraction of sp³-hybridized carbons (Fsp3) is 0.583. The number of fused-ring (bicyclic) bond motifs is 4. The van der Waals surface area contributed by atoms with E-state index >= 15 is 0 Å². The van der Waals surface area contributed by atoms with Crippen LogP contribution in [0.2, 0.25) is 0 Å². The second kappa shape index (κ2) is 10.6. The average Bonchev–Trinajstić information content (AvgIpc) is 3.26. The van der Waals surface area contributed by atoms with E-state index in [2.05, 4.69) is 25.3 Å². The lowest BCUT2D eigenvalue weighted by Crippen LogP contribution is -2.56. The first-order valence-corrected chi connectivity index (χ1v) is 12.8. The number of hydrogen-bond acceptors (Lipinski definition) is 10. The molecule has 2 aromatic heterocycles. The molecule has 5 heterocycles. The first-order chi connectivity index (χ1) is 18.9. The highest BCUT2D eigenvalue weighted by molar-refractivity contribution is 6.04. The first-order valence-electron chi connectivity index (χ1n) is 12.8. The topological polar surface area (TPSA) is 144 Å². The molecule has 16 heteroatoms. The van der Waals surface area contributed by atoms with Crippen LogP contribution >= 0.6 is 0 Å². The van der Waals surface area contributed by atoms with Crippen LogP contribution in [0.4, 0.5) is 35.3 Å². The number of urea groups is 1. The highest BCUT2D eigenvalue weighted by Gasteiger charge is 2.41. The Morgan fingerprint density at radius 2 is 2.02 bits per heavy atom. The second-order valence-electron chi connectivity index (χ2n) is 10.2. The summed E-state index contributed by atoms with van der Waals surface area (Å²) in [6, 6.07) is -2.96. The molecule has 3 aliphatic rings. The second-order valence-corrected chi connectivity index (χ2v) is 10.2. The summed E-state index contributed by atoms with van der Waals surface area (Å²) in [6.45, 7) is 6.26. The average molecular weight is 567 g/mol. The molecule has 3 amide bonds. The van der Waals surface area contributed by atoms with Crippen molar-refractivity contribution in [1.29, 1.82) is 0 Å². The van der Waals surface area contributed by atoms with E-state index in [0.717, 1.165) is 13.3 Å². The Kier molecular flexibility index (Phi) is 7.39. The molecule has 0 aromatic carbocycles. The first kappa shape index (κ1) is 27.8. The van der Waals surface area contributed by atoms with Crippen molar-refractivity contribution < 1.29 is 37.0 Å². The van der Waals surface area contributed by atoms with Crippen LogP contribution in [0.15, 0.2) is 18.6 Å². The monoisotopic (exact) mass is 566 g/mol. The van der Waals surface area contributed by atoms with E-state index in [1.807, 2.05) is 24.1 Å². The van der Waals surface area contributed by atoms with Crippen molar-refractivity contribution in [1.82, 2.24) is 25.3 Å². The number of aromatic nitrogens is 4. The zero-order chi connectivity index (χ0) is 28.7. The zero-order valence-electron chi connectivity index (χ0n) is 22.1. The standard InChI is InChI=1S/C24H29F3N8O5/c1-13(24(25,26)27)31-21(36)19-30-7-16-20(33-19)35(14-5-4-6-34(16)10-14)22(37)32-17-8-29-18(9-28-17)38-11-15-12-39-23(2,3)40-15/h7-9,13-15H,4-6,10-12H2,1-3H3,(H,31,36)(H,28,32,37)/t13-,14+,15+/m1/s1. The van der Waals surface area contributed by atoms with Crippen molar-refractivity contribution >= 4 is 29.3 Å². The van der Waals surface area contributed by atoms with Gasteiger partial charge in [0, 0.05) is 13.1 Å². The molecule has 5 rings (SSSR count). The Bertz CT molecular complexity index is 1260. The summed E-state index contributed by atoms with van der Waals surface area (Å²) in [5, 5.41) is 4.52. The van der Waals surface area contributed by atoms with E-state index in [0.29, 0.717) is 31.8 Å². The van der Waals surface area contributed by atoms with Crippen LogP contribution in [-0.4, -0.2) is 88.3 Å². The van der Waals surface area contributed by atoms with E-state index < -0.39 is 35.8 Å². The van der Waals surface area contributed by atoms with Crippen LogP contribution in [-0.2, 0) is 9.47 Å². The Hall–Kier alpha value is -3.79. The number of piperidine rings is 1. The van der Waals surface area contributed by atoms with Crippen molar-refractivity contribution in [3.05, 3.63) is 24.4 Å². The summed E-state index contributed by atoms with van der Waals surface area (Å²) in [6.07, 6.45) is 0.629. The summed E-state index contributed by atoms with van der Waals surface area (Å²) in [5.74, 6) is -1.75. The van der Waals surface area contributed by atoms with E-state index in [4.69, 9.17) is 14.2 Å². The highest BCUT2D eigenvalue weighted by atomic mass is 19.4. The number of amides is 3. The van der Waals surface area contributed by atoms with Crippen molar-refractivity contribution in [3.8, 4) is 5.88 Å². The zero-order valence-corrected chi connectivity index (χ0v) is 22.1. The van der Waals surface area contributed by atoms with Crippen LogP contribution < -0.4 is 25.2 Å². The third-order valence-corrected chi connectivity index (χ3v) is 6.69. The molecule has 0 saturated carbocycles. The quantitative estimate of drug-likeness (QED) is 0.535. The summed E-state index contributed by atoms with van der Waals surface area (Å²) < 4.78 is 55.6. The van der Waals surface area contributed by atoms with Gasteiger partial charge in [-0.1, -0.05) is 0 Å². The minimum atomic E-state index is -4.63. The number of alkyl halides is 3. The molecule has 0 radical (unpaired) electrons. The molecule has 3 atom stereocenters. The SMILES string of the molecule is C[C@@H](NC(=O)c1ncc2c(n1)N(C(=O)Nc1cnc(OC[C@H]3COC(C)(C)O3)cn1)[C@H]1CCCN2C1)C(F)(F)F. The molecule has 2 aromatic rings. The number of hydrogen-bond donors (Lipinski definition) is 2. The smallest absolute Gasteiger partial charge is 0.408 e. The predicted molar refractivity (Wildman–Crippen MR) is 134 cm³/mol. The van der Waals surface area contributed by atoms with Gasteiger partial charge in [0.05, 0.1) is 36.9 Å². The van der Waals surface area contributed by atoms with E-state index in [-0.39, 0.29) is 36.3 Å². The fourth-order valence-corrected chi connectivity index (χ4v) is 4.69. The normalized spacial score (nSPS) is 22.4. The molecule has 0 aliphatic carbocycles. The Labute approximate surface area is 227 Å². The number of nitrogens with zero attached hydrogens (tertiary/aromatic N) is 6. The van der Waals surface area contributed by atoms with Crippen LogP contribution in [0.25, 0.3) is 0 Å². The van der Waals surface area contributed by atoms with Crippen LogP contribution in [0, 0.1) is 0 Å². The number of carbonyl (C=O) groups is 2. The van der Waals surface area contributed by atoms with Gasteiger partial charge in [0.1, 0.15) is 18.8 Å². The van der Waals surface area contributed by atoms with Gasteiger partial charge in [-0.25, -0.2) is 24.7 Å². The van der Waals surface area contributed by atoms with Crippen molar-refractivity contribution in [2.45, 2.75) is 63.8 Å². The molecule has 13 nitrogen and oxygen atoms in total. The van der Waals surface area contributed by atoms with E-state index in [9.17, 15) is 22.8 Å². The Morgan fingerprint density at radius 3 is 2.70 bits per heavy atom. The van der Waals surface area contributed by atoms with Crippen molar-refractivity contribution in [3.63, 3.8) is 0 Å². The summed E-state index contributed by atoms with van der Waals surface area (Å²) in [5.41, 5.74) is 0.502. The minimum absolute atomic E-state index is 0.128. The molecule has 3 aliphatic heterocycles. The number of rotatable bonds is 6. The van der Waals surface area contributed by atoms with Crippen LogP contribution in [0.3, 0.4) is 0 Å². The molecule has 0 spiro atoms. The lowest BCUT2D eigenvalue weighted by Gasteiger charge is -2.45. The molecule has 2 bridgehead atoms. The molecule has 40 heavy (non-hydrogen) atoms. The maximum Gasteiger partial charge on any atom is 0.408 e. The number of nitrogens with one attached hydrogen (secondary N) is 2. The number of ether oxygens (including phenoxy) is 3. The summed E-state index contributed by atoms with van der Waals surface area (Å²) in [7, 11) is 0. The highest BCUT2D eigenvalue weighted by Crippen LogP contribution is 2.37. The lowest BCUT2D eigenvalue weighted by molar-refractivity contribution is -0.149. The molecule has 2 N–H and O–H groups in total. The van der Waals surface area contributed by atoms with E-state index in [1.54, 1.807) is 0 Å². The van der Waals surface area contributed by atoms with Crippen LogP contribution in [0.1, 0.15) is 44.2 Å². The predicted octanol–water partition coefficient (Wildman–Crippen LogP) is 2.50. The van der Waals surface area contributed by atoms with Gasteiger partial charge in [0.25, 0.3) is 5.91 Å². The van der Waals surface area contributed by atoms with Crippen molar-refractivity contribution in [2.24, 2.45) is 0 Å². The van der Waals surface area contributed by atoms with Gasteiger partial charge in [-0.15, -0.1) is 0 Å². The number of carbonyl (C=O) groups excluding carboxylic acids is 2. The molecule has 2 saturated heterocycles. The van der Waals surface area contributed by atoms with Gasteiger partial charge in [-0.05, 0) is 33.6 Å². The van der Waals surface area contributed by atoms with E-state index in [1.165, 1.54) is 23.5 Å². The fourth-order valence-electron chi connectivity index (χ4n) is 4.69. The van der Waals surface area contributed by atoms with Gasteiger partial charge in [-0.2, -0.15) is 13.2 Å². The third-order valence-electron chi connectivity index (χ3n) is 6.69. The van der Waals surface area contributed by atoms with Crippen molar-refractivity contribution in [2.75, 3.05) is 41.4 Å². The largest absolute Gasteiger partial charge is 0.474 e. The maximum atomic E-state index is 13.4. The molecular weight excluding hydrogens is 537 g/mol. The Balaban J connectivity index is 1.29. The van der Waals surface area contributed by atoms with Gasteiger partial charge in [0.15, 0.2) is 17.4 Å². The maximum absolute atomic E-state index is 13.4. The van der Waals surface area contributed by atoms with Crippen LogP contribution in [0.5, 0.6) is 5.88 Å². The Morgan fingerprint density at radius 1 is 1.23 bits per heavy atom. The summed E-state index contributed by atoms with van der Waals surface area (Å²) in [4.78, 5) is 45.8. The molecule has 2 fully saturated rings.